The zero-order chi connectivity index (χ0) is 15.8. The predicted molar refractivity (Wildman–Crippen MR) is 98.2 cm³/mol. The van der Waals surface area contributed by atoms with E-state index in [2.05, 4.69) is 50.4 Å². The number of rotatable bonds is 4. The van der Waals surface area contributed by atoms with Crippen LogP contribution in [0.2, 0.25) is 0 Å². The summed E-state index contributed by atoms with van der Waals surface area (Å²) in [7, 11) is 2.22. The van der Waals surface area contributed by atoms with E-state index in [-0.39, 0.29) is 0 Å². The van der Waals surface area contributed by atoms with Crippen molar-refractivity contribution in [3.63, 3.8) is 0 Å². The summed E-state index contributed by atoms with van der Waals surface area (Å²) in [5, 5.41) is 2.39. The van der Waals surface area contributed by atoms with Crippen LogP contribution in [-0.2, 0) is 6.54 Å². The highest BCUT2D eigenvalue weighted by Gasteiger charge is 2.21. The van der Waals surface area contributed by atoms with Gasteiger partial charge in [0, 0.05) is 0 Å². The molecule has 2 heterocycles. The van der Waals surface area contributed by atoms with Crippen molar-refractivity contribution in [1.82, 2.24) is 9.97 Å². The van der Waals surface area contributed by atoms with Crippen LogP contribution in [0.3, 0.4) is 0 Å². The topological polar surface area (TPSA) is 30.2 Å². The van der Waals surface area contributed by atoms with E-state index in [0.29, 0.717) is 6.04 Å². The lowest BCUT2D eigenvalue weighted by Gasteiger charge is -2.18. The highest BCUT2D eigenvalue weighted by molar-refractivity contribution is 7.18. The molecule has 2 atom stereocenters. The molecule has 1 N–H and O–H groups in total. The third kappa shape index (κ3) is 2.87. The monoisotopic (exact) mass is 340 g/mol. The van der Waals surface area contributed by atoms with Crippen molar-refractivity contribution in [2.75, 3.05) is 7.05 Å². The zero-order valence-corrected chi connectivity index (χ0v) is 14.7. The maximum Gasteiger partial charge on any atom is 0.151 e. The minimum Gasteiger partial charge on any atom is -0.324 e. The number of fused-ring (bicyclic) bond motifs is 2. The zero-order valence-electron chi connectivity index (χ0n) is 13.1. The van der Waals surface area contributed by atoms with Crippen LogP contribution in [0.5, 0.6) is 0 Å². The minimum absolute atomic E-state index is 0.361. The van der Waals surface area contributed by atoms with Gasteiger partial charge in [0.25, 0.3) is 0 Å². The SMILES string of the molecule is C[C@@H](c1nc2ccccc2s1)[NH+](C)Cc1nc2ccccc2s1. The van der Waals surface area contributed by atoms with Crippen molar-refractivity contribution < 1.29 is 4.90 Å². The lowest BCUT2D eigenvalue weighted by molar-refractivity contribution is -0.923. The summed E-state index contributed by atoms with van der Waals surface area (Å²) in [6.07, 6.45) is 0. The van der Waals surface area contributed by atoms with E-state index in [1.807, 2.05) is 12.1 Å². The van der Waals surface area contributed by atoms with E-state index in [1.54, 1.807) is 22.7 Å². The molecule has 0 aliphatic rings. The number of nitrogens with zero attached hydrogens (tertiary/aromatic N) is 2. The maximum absolute atomic E-state index is 4.80. The van der Waals surface area contributed by atoms with Gasteiger partial charge in [-0.15, -0.1) is 22.7 Å². The number of benzene rings is 2. The molecule has 0 amide bonds. The Balaban J connectivity index is 1.56. The second-order valence-corrected chi connectivity index (χ2v) is 8.02. The molecule has 4 aromatic rings. The average molecular weight is 340 g/mol. The molecule has 2 aromatic heterocycles. The standard InChI is InChI=1S/C18H17N3S2/c1-12(18-20-14-8-4-6-10-16(14)23-18)21(2)11-17-19-13-7-3-5-9-15(13)22-17/h3-10,12H,11H2,1-2H3/p+1/t12-/m0/s1. The van der Waals surface area contributed by atoms with E-state index in [0.717, 1.165) is 17.6 Å². The van der Waals surface area contributed by atoms with Crippen LogP contribution in [0.1, 0.15) is 23.0 Å². The Kier molecular flexibility index (Phi) is 3.85. The Hall–Kier alpha value is -1.82. The molecule has 4 rings (SSSR count). The van der Waals surface area contributed by atoms with Crippen LogP contribution in [0.25, 0.3) is 20.4 Å². The van der Waals surface area contributed by atoms with Crippen LogP contribution < -0.4 is 4.90 Å². The molecule has 0 radical (unpaired) electrons. The first-order chi connectivity index (χ1) is 11.2. The number of para-hydroxylation sites is 2. The molecule has 23 heavy (non-hydrogen) atoms. The summed E-state index contributed by atoms with van der Waals surface area (Å²) < 4.78 is 2.53. The van der Waals surface area contributed by atoms with Gasteiger partial charge < -0.3 is 4.90 Å². The highest BCUT2D eigenvalue weighted by atomic mass is 32.1. The molecule has 2 aromatic carbocycles. The number of aromatic nitrogens is 2. The van der Waals surface area contributed by atoms with Crippen LogP contribution in [0.4, 0.5) is 0 Å². The molecule has 0 fully saturated rings. The van der Waals surface area contributed by atoms with Gasteiger partial charge in [-0.25, -0.2) is 9.97 Å². The fourth-order valence-electron chi connectivity index (χ4n) is 2.67. The van der Waals surface area contributed by atoms with Gasteiger partial charge in [0.05, 0.1) is 27.5 Å². The molecule has 0 bridgehead atoms. The van der Waals surface area contributed by atoms with Crippen molar-refractivity contribution in [2.45, 2.75) is 19.5 Å². The van der Waals surface area contributed by atoms with E-state index in [1.165, 1.54) is 24.3 Å². The van der Waals surface area contributed by atoms with Crippen molar-refractivity contribution in [3.8, 4) is 0 Å². The van der Waals surface area contributed by atoms with Gasteiger partial charge in [-0.1, -0.05) is 24.3 Å². The van der Waals surface area contributed by atoms with E-state index < -0.39 is 0 Å². The Morgan fingerprint density at radius 3 is 2.17 bits per heavy atom. The summed E-state index contributed by atoms with van der Waals surface area (Å²) in [5.41, 5.74) is 2.21. The summed E-state index contributed by atoms with van der Waals surface area (Å²) in [6, 6.07) is 17.1. The highest BCUT2D eigenvalue weighted by Crippen LogP contribution is 2.25. The Labute approximate surface area is 143 Å². The first-order valence-electron chi connectivity index (χ1n) is 7.73. The second kappa shape index (κ2) is 6.00. The quantitative estimate of drug-likeness (QED) is 0.614. The summed E-state index contributed by atoms with van der Waals surface area (Å²) in [6.45, 7) is 3.18. The normalized spacial score (nSPS) is 14.3. The van der Waals surface area contributed by atoms with Crippen LogP contribution in [0, 0.1) is 0 Å². The molecule has 5 heteroatoms. The minimum atomic E-state index is 0.361. The maximum atomic E-state index is 4.80. The first kappa shape index (κ1) is 14.8. The van der Waals surface area contributed by atoms with Crippen molar-refractivity contribution in [2.24, 2.45) is 0 Å². The number of quaternary nitrogens is 1. The van der Waals surface area contributed by atoms with Gasteiger partial charge >= 0.3 is 0 Å². The summed E-state index contributed by atoms with van der Waals surface area (Å²) in [4.78, 5) is 11.0. The Bertz CT molecular complexity index is 891. The molecule has 0 spiro atoms. The van der Waals surface area contributed by atoms with Gasteiger partial charge in [0.1, 0.15) is 17.6 Å². The third-order valence-corrected chi connectivity index (χ3v) is 6.44. The fraction of sp³-hybridized carbons (Fsp3) is 0.222. The summed E-state index contributed by atoms with van der Waals surface area (Å²) in [5.74, 6) is 0. The molecule has 0 aliphatic heterocycles. The lowest BCUT2D eigenvalue weighted by Crippen LogP contribution is -3.07. The predicted octanol–water partition coefficient (Wildman–Crippen LogP) is 3.68. The average Bonchev–Trinajstić information content (AvgIpc) is 3.16. The third-order valence-electron chi connectivity index (χ3n) is 4.19. The molecule has 1 unspecified atom stereocenters. The molecular formula is C18H18N3S2+. The van der Waals surface area contributed by atoms with Gasteiger partial charge in [-0.2, -0.15) is 0 Å². The second-order valence-electron chi connectivity index (χ2n) is 5.84. The molecule has 3 nitrogen and oxygen atoms in total. The Morgan fingerprint density at radius 2 is 1.52 bits per heavy atom. The van der Waals surface area contributed by atoms with Gasteiger partial charge in [0.15, 0.2) is 5.01 Å². The van der Waals surface area contributed by atoms with Crippen molar-refractivity contribution in [1.29, 1.82) is 0 Å². The molecule has 116 valence electrons. The summed E-state index contributed by atoms with van der Waals surface area (Å²) >= 11 is 3.59. The van der Waals surface area contributed by atoms with E-state index >= 15 is 0 Å². The van der Waals surface area contributed by atoms with E-state index in [9.17, 15) is 0 Å². The first-order valence-corrected chi connectivity index (χ1v) is 9.36. The number of hydrogen-bond donors (Lipinski definition) is 1. The van der Waals surface area contributed by atoms with Crippen LogP contribution >= 0.6 is 22.7 Å². The van der Waals surface area contributed by atoms with Crippen LogP contribution in [0.15, 0.2) is 48.5 Å². The largest absolute Gasteiger partial charge is 0.324 e. The Morgan fingerprint density at radius 1 is 0.913 bits per heavy atom. The van der Waals surface area contributed by atoms with Crippen LogP contribution in [-0.4, -0.2) is 17.0 Å². The molecule has 0 aliphatic carbocycles. The lowest BCUT2D eigenvalue weighted by atomic mass is 10.3. The molecule has 0 saturated heterocycles. The van der Waals surface area contributed by atoms with E-state index in [4.69, 9.17) is 9.97 Å². The smallest absolute Gasteiger partial charge is 0.151 e. The molecule has 0 saturated carbocycles. The van der Waals surface area contributed by atoms with Crippen molar-refractivity contribution >= 4 is 43.1 Å². The van der Waals surface area contributed by atoms with Gasteiger partial charge in [-0.05, 0) is 31.2 Å². The number of nitrogens with one attached hydrogen (secondary N) is 1. The van der Waals surface area contributed by atoms with Crippen molar-refractivity contribution in [3.05, 3.63) is 58.5 Å². The molecular weight excluding hydrogens is 322 g/mol. The number of hydrogen-bond acceptors (Lipinski definition) is 4. The van der Waals surface area contributed by atoms with Gasteiger partial charge in [0.2, 0.25) is 0 Å². The number of thiazole rings is 2. The van der Waals surface area contributed by atoms with Gasteiger partial charge in [-0.3, -0.25) is 0 Å². The fourth-order valence-corrected chi connectivity index (χ4v) is 4.85.